The number of carbonyl (C=O) groups excluding carboxylic acids is 1. The van der Waals surface area contributed by atoms with Crippen LogP contribution in [0.15, 0.2) is 48.7 Å². The third-order valence-corrected chi connectivity index (χ3v) is 4.80. The van der Waals surface area contributed by atoms with Crippen LogP contribution in [-0.2, 0) is 11.3 Å². The normalized spacial score (nSPS) is 15.2. The highest BCUT2D eigenvalue weighted by Crippen LogP contribution is 2.13. The number of anilines is 1. The van der Waals surface area contributed by atoms with E-state index in [4.69, 9.17) is 0 Å². The Hall–Kier alpha value is -2.40. The maximum absolute atomic E-state index is 12.5. The summed E-state index contributed by atoms with van der Waals surface area (Å²) >= 11 is 0. The van der Waals surface area contributed by atoms with Crippen LogP contribution in [0.1, 0.15) is 11.1 Å². The molecule has 0 atom stereocenters. The van der Waals surface area contributed by atoms with Crippen LogP contribution < -0.4 is 4.90 Å². The first kappa shape index (κ1) is 17.4. The Labute approximate surface area is 149 Å². The van der Waals surface area contributed by atoms with Crippen LogP contribution in [0, 0.1) is 6.92 Å². The largest absolute Gasteiger partial charge is 0.354 e. The summed E-state index contributed by atoms with van der Waals surface area (Å²) in [5.74, 6) is 1.19. The van der Waals surface area contributed by atoms with E-state index in [2.05, 4.69) is 33.8 Å². The summed E-state index contributed by atoms with van der Waals surface area (Å²) in [5, 5.41) is 0. The van der Waals surface area contributed by atoms with Gasteiger partial charge in [0.05, 0.1) is 6.54 Å². The fourth-order valence-electron chi connectivity index (χ4n) is 3.12. The second kappa shape index (κ2) is 8.12. The minimum atomic E-state index is 0.175. The molecule has 1 saturated heterocycles. The van der Waals surface area contributed by atoms with Crippen LogP contribution in [-0.4, -0.2) is 60.5 Å². The van der Waals surface area contributed by atoms with E-state index in [0.29, 0.717) is 13.1 Å². The lowest BCUT2D eigenvalue weighted by molar-refractivity contribution is -0.131. The van der Waals surface area contributed by atoms with Gasteiger partial charge in [0.2, 0.25) is 5.91 Å². The molecule has 5 heteroatoms. The third kappa shape index (κ3) is 4.57. The first-order valence-electron chi connectivity index (χ1n) is 8.80. The van der Waals surface area contributed by atoms with Crippen molar-refractivity contribution in [2.45, 2.75) is 13.5 Å². The number of aryl methyl sites for hydroxylation is 1. The molecule has 1 aliphatic heterocycles. The molecule has 1 amide bonds. The van der Waals surface area contributed by atoms with Crippen molar-refractivity contribution in [3.8, 4) is 0 Å². The Morgan fingerprint density at radius 3 is 2.48 bits per heavy atom. The maximum Gasteiger partial charge on any atom is 0.236 e. The van der Waals surface area contributed by atoms with Gasteiger partial charge in [0.15, 0.2) is 0 Å². The molecule has 0 radical (unpaired) electrons. The minimum Gasteiger partial charge on any atom is -0.354 e. The molecule has 0 saturated carbocycles. The number of likely N-dealkylation sites (N-methyl/N-ethyl adjacent to an activating group) is 1. The number of rotatable bonds is 5. The minimum absolute atomic E-state index is 0.175. The molecule has 2 aromatic rings. The molecule has 0 spiro atoms. The second-order valence-electron chi connectivity index (χ2n) is 6.63. The van der Waals surface area contributed by atoms with Crippen molar-refractivity contribution in [3.63, 3.8) is 0 Å². The average Bonchev–Trinajstić information content (AvgIpc) is 2.65. The Bertz CT molecular complexity index is 696. The van der Waals surface area contributed by atoms with Gasteiger partial charge in [-0.1, -0.05) is 30.3 Å². The van der Waals surface area contributed by atoms with Gasteiger partial charge in [-0.25, -0.2) is 4.98 Å². The van der Waals surface area contributed by atoms with E-state index < -0.39 is 0 Å². The Morgan fingerprint density at radius 2 is 1.80 bits per heavy atom. The van der Waals surface area contributed by atoms with E-state index in [-0.39, 0.29) is 5.91 Å². The number of benzene rings is 1. The standard InChI is InChI=1S/C20H26N4O/c1-17-7-3-4-8-18(17)15-22(2)20(25)16-23-11-13-24(14-12-23)19-9-5-6-10-21-19/h3-10H,11-16H2,1-2H3. The van der Waals surface area contributed by atoms with E-state index in [1.807, 2.05) is 48.5 Å². The van der Waals surface area contributed by atoms with Crippen LogP contribution in [0.25, 0.3) is 0 Å². The van der Waals surface area contributed by atoms with Gasteiger partial charge < -0.3 is 9.80 Å². The van der Waals surface area contributed by atoms with Gasteiger partial charge >= 0.3 is 0 Å². The van der Waals surface area contributed by atoms with Crippen LogP contribution in [0.3, 0.4) is 0 Å². The van der Waals surface area contributed by atoms with Gasteiger partial charge in [-0.2, -0.15) is 0 Å². The molecule has 132 valence electrons. The highest BCUT2D eigenvalue weighted by Gasteiger charge is 2.21. The van der Waals surface area contributed by atoms with Gasteiger partial charge in [0.1, 0.15) is 5.82 Å². The summed E-state index contributed by atoms with van der Waals surface area (Å²) in [6.07, 6.45) is 1.83. The molecule has 0 unspecified atom stereocenters. The topological polar surface area (TPSA) is 39.7 Å². The van der Waals surface area contributed by atoms with E-state index in [0.717, 1.165) is 32.0 Å². The predicted octanol–water partition coefficient (Wildman–Crippen LogP) is 2.17. The molecule has 0 aliphatic carbocycles. The summed E-state index contributed by atoms with van der Waals surface area (Å²) in [6, 6.07) is 14.2. The van der Waals surface area contributed by atoms with E-state index in [1.54, 1.807) is 0 Å². The van der Waals surface area contributed by atoms with Gasteiger partial charge in [-0.05, 0) is 30.2 Å². The average molecular weight is 338 g/mol. The number of piperazine rings is 1. The second-order valence-corrected chi connectivity index (χ2v) is 6.63. The fraction of sp³-hybridized carbons (Fsp3) is 0.400. The van der Waals surface area contributed by atoms with Crippen molar-refractivity contribution in [1.82, 2.24) is 14.8 Å². The van der Waals surface area contributed by atoms with Crippen LogP contribution in [0.2, 0.25) is 0 Å². The van der Waals surface area contributed by atoms with Gasteiger partial charge in [0, 0.05) is 46.0 Å². The number of carbonyl (C=O) groups is 1. The van der Waals surface area contributed by atoms with Gasteiger partial charge in [-0.15, -0.1) is 0 Å². The molecule has 1 aromatic carbocycles. The van der Waals surface area contributed by atoms with Crippen molar-refractivity contribution in [1.29, 1.82) is 0 Å². The summed E-state index contributed by atoms with van der Waals surface area (Å²) < 4.78 is 0. The van der Waals surface area contributed by atoms with Crippen LogP contribution in [0.5, 0.6) is 0 Å². The lowest BCUT2D eigenvalue weighted by Gasteiger charge is -2.35. The molecule has 25 heavy (non-hydrogen) atoms. The number of aromatic nitrogens is 1. The first-order valence-corrected chi connectivity index (χ1v) is 8.80. The van der Waals surface area contributed by atoms with Crippen molar-refractivity contribution < 1.29 is 4.79 Å². The first-order chi connectivity index (χ1) is 12.1. The number of hydrogen-bond donors (Lipinski definition) is 0. The molecule has 2 heterocycles. The monoisotopic (exact) mass is 338 g/mol. The Morgan fingerprint density at radius 1 is 1.08 bits per heavy atom. The summed E-state index contributed by atoms with van der Waals surface area (Å²) in [4.78, 5) is 23.3. The third-order valence-electron chi connectivity index (χ3n) is 4.80. The molecule has 0 bridgehead atoms. The van der Waals surface area contributed by atoms with E-state index >= 15 is 0 Å². The molecule has 5 nitrogen and oxygen atoms in total. The fourth-order valence-corrected chi connectivity index (χ4v) is 3.12. The number of pyridine rings is 1. The summed E-state index contributed by atoms with van der Waals surface area (Å²) in [5.41, 5.74) is 2.43. The molecule has 1 aliphatic rings. The van der Waals surface area contributed by atoms with Crippen molar-refractivity contribution >= 4 is 11.7 Å². The molecular formula is C20H26N4O. The Kier molecular flexibility index (Phi) is 5.66. The molecular weight excluding hydrogens is 312 g/mol. The number of amides is 1. The van der Waals surface area contributed by atoms with Crippen LogP contribution in [0.4, 0.5) is 5.82 Å². The lowest BCUT2D eigenvalue weighted by Crippen LogP contribution is -2.49. The smallest absolute Gasteiger partial charge is 0.236 e. The van der Waals surface area contributed by atoms with Crippen molar-refractivity contribution in [3.05, 3.63) is 59.8 Å². The number of nitrogens with zero attached hydrogens (tertiary/aromatic N) is 4. The zero-order chi connectivity index (χ0) is 17.6. The van der Waals surface area contributed by atoms with Crippen molar-refractivity contribution in [2.75, 3.05) is 44.7 Å². The molecule has 3 rings (SSSR count). The van der Waals surface area contributed by atoms with E-state index in [1.165, 1.54) is 11.1 Å². The SMILES string of the molecule is Cc1ccccc1CN(C)C(=O)CN1CCN(c2ccccn2)CC1. The maximum atomic E-state index is 12.5. The van der Waals surface area contributed by atoms with E-state index in [9.17, 15) is 4.79 Å². The number of hydrogen-bond acceptors (Lipinski definition) is 4. The van der Waals surface area contributed by atoms with Gasteiger partial charge in [0.25, 0.3) is 0 Å². The Balaban J connectivity index is 1.48. The van der Waals surface area contributed by atoms with Gasteiger partial charge in [-0.3, -0.25) is 9.69 Å². The lowest BCUT2D eigenvalue weighted by atomic mass is 10.1. The molecule has 1 aromatic heterocycles. The highest BCUT2D eigenvalue weighted by molar-refractivity contribution is 5.78. The molecule has 1 fully saturated rings. The van der Waals surface area contributed by atoms with Crippen molar-refractivity contribution in [2.24, 2.45) is 0 Å². The predicted molar refractivity (Wildman–Crippen MR) is 101 cm³/mol. The zero-order valence-corrected chi connectivity index (χ0v) is 15.1. The molecule has 0 N–H and O–H groups in total. The zero-order valence-electron chi connectivity index (χ0n) is 15.1. The highest BCUT2D eigenvalue weighted by atomic mass is 16.2. The summed E-state index contributed by atoms with van der Waals surface area (Å²) in [6.45, 7) is 6.83. The quantitative estimate of drug-likeness (QED) is 0.838. The summed E-state index contributed by atoms with van der Waals surface area (Å²) in [7, 11) is 1.89. The van der Waals surface area contributed by atoms with Crippen LogP contribution >= 0.6 is 0 Å².